The number of nitrogens with zero attached hydrogens (tertiary/aromatic N) is 4. The first-order valence-electron chi connectivity index (χ1n) is 19.8. The van der Waals surface area contributed by atoms with Crippen LogP contribution in [0.2, 0.25) is 0 Å². The van der Waals surface area contributed by atoms with Gasteiger partial charge in [0.1, 0.15) is 11.2 Å². The zero-order chi connectivity index (χ0) is 38.6. The van der Waals surface area contributed by atoms with Crippen molar-refractivity contribution in [1.82, 2.24) is 19.5 Å². The number of hydrogen-bond acceptors (Lipinski definition) is 5. The Balaban J connectivity index is 1.04. The van der Waals surface area contributed by atoms with Crippen LogP contribution in [-0.4, -0.2) is 19.5 Å². The fourth-order valence-corrected chi connectivity index (χ4v) is 10.3. The van der Waals surface area contributed by atoms with Crippen LogP contribution in [0.5, 0.6) is 0 Å². The van der Waals surface area contributed by atoms with Crippen molar-refractivity contribution < 1.29 is 4.42 Å². The predicted molar refractivity (Wildman–Crippen MR) is 246 cm³/mol. The molecule has 0 radical (unpaired) electrons. The zero-order valence-corrected chi connectivity index (χ0v) is 32.2. The molecule has 13 aromatic rings. The van der Waals surface area contributed by atoms with E-state index in [2.05, 4.69) is 156 Å². The van der Waals surface area contributed by atoms with Crippen molar-refractivity contribution in [2.75, 3.05) is 0 Å². The highest BCUT2D eigenvalue weighted by Gasteiger charge is 2.21. The summed E-state index contributed by atoms with van der Waals surface area (Å²) in [6.45, 7) is 0. The maximum absolute atomic E-state index is 6.88. The molecule has 0 fully saturated rings. The summed E-state index contributed by atoms with van der Waals surface area (Å²) in [5.74, 6) is 1.86. The topological polar surface area (TPSA) is 56.7 Å². The normalized spacial score (nSPS) is 12.1. The maximum atomic E-state index is 6.88. The zero-order valence-electron chi connectivity index (χ0n) is 31.4. The minimum Gasteiger partial charge on any atom is -0.455 e. The average Bonchev–Trinajstić information content (AvgIpc) is 3.97. The molecular weight excluding hydrogens is 741 g/mol. The second kappa shape index (κ2) is 12.4. The summed E-state index contributed by atoms with van der Waals surface area (Å²) in [6, 6.07) is 64.4. The van der Waals surface area contributed by atoms with Gasteiger partial charge in [-0.2, -0.15) is 0 Å². The van der Waals surface area contributed by atoms with Gasteiger partial charge < -0.3 is 8.98 Å². The first-order valence-corrected chi connectivity index (χ1v) is 20.6. The molecule has 0 saturated carbocycles. The van der Waals surface area contributed by atoms with E-state index in [0.29, 0.717) is 17.5 Å². The predicted octanol–water partition coefficient (Wildman–Crippen LogP) is 14.5. The molecule has 59 heavy (non-hydrogen) atoms. The van der Waals surface area contributed by atoms with Crippen molar-refractivity contribution >= 4 is 96.8 Å². The molecule has 274 valence electrons. The Labute approximate surface area is 341 Å². The fourth-order valence-electron chi connectivity index (χ4n) is 9.12. The standard InChI is InChI=1S/C53H30N4OS/c1-2-13-31(14-3-1)51-54-52(56-53(55-51)40-21-12-24-48-49(40)39-20-9-11-23-47(39)59-48)34-25-26-37-42-30-45(35-17-6-7-19-38(35)50(42)58-46(37)29-34)57-43-22-10-8-18-36(43)41-27-32-15-4-5-16-33(32)28-44(41)57/h1-30H. The molecule has 0 aliphatic rings. The van der Waals surface area contributed by atoms with Gasteiger partial charge in [-0.25, -0.2) is 15.0 Å². The van der Waals surface area contributed by atoms with Crippen LogP contribution in [0.4, 0.5) is 0 Å². The molecule has 5 nitrogen and oxygen atoms in total. The van der Waals surface area contributed by atoms with Gasteiger partial charge in [0.05, 0.1) is 16.7 Å². The number of para-hydroxylation sites is 1. The summed E-state index contributed by atoms with van der Waals surface area (Å²) in [5.41, 5.74) is 7.88. The van der Waals surface area contributed by atoms with E-state index in [-0.39, 0.29) is 0 Å². The number of aromatic nitrogens is 4. The van der Waals surface area contributed by atoms with Crippen LogP contribution in [0.3, 0.4) is 0 Å². The molecule has 0 unspecified atom stereocenters. The van der Waals surface area contributed by atoms with E-state index in [1.807, 2.05) is 30.3 Å². The highest BCUT2D eigenvalue weighted by molar-refractivity contribution is 7.25. The monoisotopic (exact) mass is 770 g/mol. The lowest BCUT2D eigenvalue weighted by Crippen LogP contribution is -2.00. The Morgan fingerprint density at radius 2 is 1.08 bits per heavy atom. The van der Waals surface area contributed by atoms with Crippen molar-refractivity contribution in [3.63, 3.8) is 0 Å². The Kier molecular flexibility index (Phi) is 6.82. The van der Waals surface area contributed by atoms with E-state index >= 15 is 0 Å². The number of thiophene rings is 1. The van der Waals surface area contributed by atoms with E-state index in [9.17, 15) is 0 Å². The summed E-state index contributed by atoms with van der Waals surface area (Å²) in [4.78, 5) is 15.4. The van der Waals surface area contributed by atoms with Gasteiger partial charge in [0.15, 0.2) is 17.5 Å². The number of furan rings is 1. The molecule has 0 bridgehead atoms. The Hall–Kier alpha value is -7.67. The van der Waals surface area contributed by atoms with Crippen LogP contribution in [0.25, 0.3) is 125 Å². The summed E-state index contributed by atoms with van der Waals surface area (Å²) < 4.78 is 11.8. The van der Waals surface area contributed by atoms with Gasteiger partial charge in [0, 0.05) is 69.2 Å². The molecule has 0 saturated heterocycles. The number of fused-ring (bicyclic) bond motifs is 12. The lowest BCUT2D eigenvalue weighted by Gasteiger charge is -2.13. The average molecular weight is 771 g/mol. The van der Waals surface area contributed by atoms with E-state index < -0.39 is 0 Å². The Morgan fingerprint density at radius 1 is 0.407 bits per heavy atom. The Bertz CT molecular complexity index is 3860. The molecule has 0 spiro atoms. The molecule has 9 aromatic carbocycles. The Morgan fingerprint density at radius 3 is 1.95 bits per heavy atom. The van der Waals surface area contributed by atoms with Gasteiger partial charge in [-0.05, 0) is 59.3 Å². The third-order valence-corrected chi connectivity index (χ3v) is 12.9. The van der Waals surface area contributed by atoms with Crippen LogP contribution in [0.15, 0.2) is 186 Å². The fraction of sp³-hybridized carbons (Fsp3) is 0. The minimum absolute atomic E-state index is 0.593. The second-order valence-electron chi connectivity index (χ2n) is 15.1. The van der Waals surface area contributed by atoms with Crippen LogP contribution in [-0.2, 0) is 0 Å². The smallest absolute Gasteiger partial charge is 0.164 e. The third-order valence-electron chi connectivity index (χ3n) is 11.8. The SMILES string of the molecule is c1ccc(-c2nc(-c3ccc4c(c3)oc3c5ccccc5c(-n5c6ccccc6c6cc7ccccc7cc65)cc43)nc(-c3cccc4sc5ccccc5c34)n2)cc1. The van der Waals surface area contributed by atoms with E-state index in [0.717, 1.165) is 60.5 Å². The number of hydrogen-bond donors (Lipinski definition) is 0. The van der Waals surface area contributed by atoms with Crippen LogP contribution in [0, 0.1) is 0 Å². The molecule has 4 heterocycles. The van der Waals surface area contributed by atoms with E-state index in [1.165, 1.54) is 47.4 Å². The molecule has 0 aliphatic heterocycles. The molecule has 4 aromatic heterocycles. The van der Waals surface area contributed by atoms with Gasteiger partial charge in [-0.1, -0.05) is 133 Å². The van der Waals surface area contributed by atoms with Crippen LogP contribution < -0.4 is 0 Å². The van der Waals surface area contributed by atoms with Gasteiger partial charge >= 0.3 is 0 Å². The minimum atomic E-state index is 0.593. The van der Waals surface area contributed by atoms with E-state index in [4.69, 9.17) is 19.4 Å². The summed E-state index contributed by atoms with van der Waals surface area (Å²) in [7, 11) is 0. The third kappa shape index (κ3) is 4.87. The van der Waals surface area contributed by atoms with Crippen molar-refractivity contribution in [3.05, 3.63) is 182 Å². The first kappa shape index (κ1) is 32.4. The van der Waals surface area contributed by atoms with Crippen LogP contribution >= 0.6 is 11.3 Å². The molecular formula is C53H30N4OS. The largest absolute Gasteiger partial charge is 0.455 e. The van der Waals surface area contributed by atoms with Gasteiger partial charge in [-0.15, -0.1) is 11.3 Å². The lowest BCUT2D eigenvalue weighted by molar-refractivity contribution is 0.672. The van der Waals surface area contributed by atoms with Gasteiger partial charge in [0.2, 0.25) is 0 Å². The molecule has 0 N–H and O–H groups in total. The molecule has 0 amide bonds. The van der Waals surface area contributed by atoms with Crippen molar-refractivity contribution in [1.29, 1.82) is 0 Å². The van der Waals surface area contributed by atoms with Gasteiger partial charge in [-0.3, -0.25) is 0 Å². The summed E-state index contributed by atoms with van der Waals surface area (Å²) in [5, 5.41) is 11.6. The highest BCUT2D eigenvalue weighted by atomic mass is 32.1. The van der Waals surface area contributed by atoms with Crippen molar-refractivity contribution in [2.45, 2.75) is 0 Å². The van der Waals surface area contributed by atoms with Crippen LogP contribution in [0.1, 0.15) is 0 Å². The summed E-state index contributed by atoms with van der Waals surface area (Å²) >= 11 is 1.79. The highest BCUT2D eigenvalue weighted by Crippen LogP contribution is 2.43. The van der Waals surface area contributed by atoms with Crippen molar-refractivity contribution in [2.24, 2.45) is 0 Å². The maximum Gasteiger partial charge on any atom is 0.164 e. The number of benzene rings is 9. The first-order chi connectivity index (χ1) is 29.2. The lowest BCUT2D eigenvalue weighted by atomic mass is 10.0. The van der Waals surface area contributed by atoms with Crippen molar-refractivity contribution in [3.8, 4) is 39.9 Å². The molecule has 13 rings (SSSR count). The van der Waals surface area contributed by atoms with Gasteiger partial charge in [0.25, 0.3) is 0 Å². The van der Waals surface area contributed by atoms with E-state index in [1.54, 1.807) is 11.3 Å². The second-order valence-corrected chi connectivity index (χ2v) is 16.2. The summed E-state index contributed by atoms with van der Waals surface area (Å²) in [6.07, 6.45) is 0. The molecule has 0 aliphatic carbocycles. The number of rotatable bonds is 4. The molecule has 0 atom stereocenters. The molecule has 6 heteroatoms. The quantitative estimate of drug-likeness (QED) is 0.179.